The molecule has 0 atom stereocenters. The SMILES string of the molecule is O=C(COc1ccc2ccc(=O)oc2c1)OCc1cc(=O)n2ccccc2n1. The Labute approximate surface area is 157 Å². The lowest BCUT2D eigenvalue weighted by Crippen LogP contribution is -2.18. The third kappa shape index (κ3) is 3.75. The molecule has 4 aromatic rings. The summed E-state index contributed by atoms with van der Waals surface area (Å²) in [5, 5.41) is 0.739. The van der Waals surface area contributed by atoms with Crippen LogP contribution in [0.3, 0.4) is 0 Å². The third-order valence-electron chi connectivity index (χ3n) is 3.96. The number of benzene rings is 1. The van der Waals surface area contributed by atoms with E-state index in [0.29, 0.717) is 22.7 Å². The van der Waals surface area contributed by atoms with Gasteiger partial charge in [0.2, 0.25) is 0 Å². The summed E-state index contributed by atoms with van der Waals surface area (Å²) in [5.74, 6) is -0.259. The number of fused-ring (bicyclic) bond motifs is 2. The van der Waals surface area contributed by atoms with Crippen LogP contribution >= 0.6 is 0 Å². The van der Waals surface area contributed by atoms with Crippen molar-refractivity contribution in [2.75, 3.05) is 6.61 Å². The Balaban J connectivity index is 1.38. The van der Waals surface area contributed by atoms with Crippen molar-refractivity contribution in [3.05, 3.63) is 87.3 Å². The number of esters is 1. The molecule has 0 spiro atoms. The van der Waals surface area contributed by atoms with Crippen molar-refractivity contribution in [2.24, 2.45) is 0 Å². The Morgan fingerprint density at radius 2 is 1.93 bits per heavy atom. The molecule has 1 aromatic carbocycles. The average Bonchev–Trinajstić information content (AvgIpc) is 2.70. The Morgan fingerprint density at radius 3 is 2.82 bits per heavy atom. The van der Waals surface area contributed by atoms with Crippen LogP contribution in [-0.2, 0) is 16.1 Å². The van der Waals surface area contributed by atoms with Gasteiger partial charge in [-0.2, -0.15) is 0 Å². The zero-order valence-corrected chi connectivity index (χ0v) is 14.5. The summed E-state index contributed by atoms with van der Waals surface area (Å²) in [6.07, 6.45) is 1.61. The van der Waals surface area contributed by atoms with E-state index >= 15 is 0 Å². The van der Waals surface area contributed by atoms with Crippen molar-refractivity contribution in [3.8, 4) is 5.75 Å². The van der Waals surface area contributed by atoms with Gasteiger partial charge in [0.25, 0.3) is 5.56 Å². The molecule has 28 heavy (non-hydrogen) atoms. The second kappa shape index (κ2) is 7.36. The summed E-state index contributed by atoms with van der Waals surface area (Å²) < 4.78 is 17.0. The van der Waals surface area contributed by atoms with Gasteiger partial charge in [-0.15, -0.1) is 0 Å². The van der Waals surface area contributed by atoms with E-state index in [4.69, 9.17) is 13.9 Å². The lowest BCUT2D eigenvalue weighted by Gasteiger charge is -2.08. The van der Waals surface area contributed by atoms with E-state index in [1.807, 2.05) is 0 Å². The number of aromatic nitrogens is 2. The van der Waals surface area contributed by atoms with Crippen molar-refractivity contribution in [1.29, 1.82) is 0 Å². The smallest absolute Gasteiger partial charge is 0.344 e. The predicted molar refractivity (Wildman–Crippen MR) is 99.2 cm³/mol. The summed E-state index contributed by atoms with van der Waals surface area (Å²) in [7, 11) is 0. The minimum Gasteiger partial charge on any atom is -0.482 e. The molecule has 0 aliphatic heterocycles. The highest BCUT2D eigenvalue weighted by Gasteiger charge is 2.08. The Morgan fingerprint density at radius 1 is 1.07 bits per heavy atom. The molecule has 0 bridgehead atoms. The van der Waals surface area contributed by atoms with Crippen LogP contribution in [0, 0.1) is 0 Å². The molecule has 140 valence electrons. The van der Waals surface area contributed by atoms with Crippen molar-refractivity contribution in [3.63, 3.8) is 0 Å². The van der Waals surface area contributed by atoms with Crippen molar-refractivity contribution >= 4 is 22.6 Å². The number of rotatable bonds is 5. The standard InChI is InChI=1S/C20H14N2O6/c23-18-9-14(21-17-3-1-2-8-22(17)18)11-27-20(25)12-26-15-6-4-13-5-7-19(24)28-16(13)10-15/h1-10H,11-12H2. The molecular weight excluding hydrogens is 364 g/mol. The number of ether oxygens (including phenoxy) is 2. The lowest BCUT2D eigenvalue weighted by atomic mass is 10.2. The zero-order chi connectivity index (χ0) is 19.5. The predicted octanol–water partition coefficient (Wildman–Crippen LogP) is 1.92. The monoisotopic (exact) mass is 378 g/mol. The minimum atomic E-state index is -0.621. The summed E-state index contributed by atoms with van der Waals surface area (Å²) in [6, 6.07) is 14.3. The Hall–Kier alpha value is -3.94. The molecule has 0 N–H and O–H groups in total. The maximum absolute atomic E-state index is 12.0. The highest BCUT2D eigenvalue weighted by atomic mass is 16.6. The van der Waals surface area contributed by atoms with E-state index in [1.54, 1.807) is 42.6 Å². The fraction of sp³-hybridized carbons (Fsp3) is 0.100. The summed E-state index contributed by atoms with van der Waals surface area (Å²) in [6.45, 7) is -0.482. The second-order valence-electron chi connectivity index (χ2n) is 5.92. The van der Waals surface area contributed by atoms with Crippen molar-refractivity contribution in [1.82, 2.24) is 9.38 Å². The Kier molecular flexibility index (Phi) is 4.59. The maximum atomic E-state index is 12.0. The van der Waals surface area contributed by atoms with Crippen LogP contribution in [0.1, 0.15) is 5.69 Å². The van der Waals surface area contributed by atoms with E-state index < -0.39 is 11.6 Å². The molecule has 3 heterocycles. The molecule has 8 heteroatoms. The highest BCUT2D eigenvalue weighted by molar-refractivity contribution is 5.78. The number of hydrogen-bond donors (Lipinski definition) is 0. The van der Waals surface area contributed by atoms with E-state index in [0.717, 1.165) is 5.39 Å². The van der Waals surface area contributed by atoms with Crippen LogP contribution in [-0.4, -0.2) is 22.0 Å². The van der Waals surface area contributed by atoms with Crippen molar-refractivity contribution < 1.29 is 18.7 Å². The summed E-state index contributed by atoms with van der Waals surface area (Å²) in [5.41, 5.74) is 0.444. The first kappa shape index (κ1) is 17.5. The van der Waals surface area contributed by atoms with Crippen molar-refractivity contribution in [2.45, 2.75) is 6.61 Å². The van der Waals surface area contributed by atoms with Gasteiger partial charge < -0.3 is 13.9 Å². The maximum Gasteiger partial charge on any atom is 0.344 e. The van der Waals surface area contributed by atoms with Crippen LogP contribution in [0.2, 0.25) is 0 Å². The molecule has 0 fully saturated rings. The van der Waals surface area contributed by atoms with Gasteiger partial charge in [0.15, 0.2) is 6.61 Å². The fourth-order valence-corrected chi connectivity index (χ4v) is 2.65. The summed E-state index contributed by atoms with van der Waals surface area (Å²) in [4.78, 5) is 39.5. The molecule has 0 aliphatic carbocycles. The first-order valence-corrected chi connectivity index (χ1v) is 8.38. The zero-order valence-electron chi connectivity index (χ0n) is 14.5. The van der Waals surface area contributed by atoms with Gasteiger partial charge in [-0.1, -0.05) is 6.07 Å². The van der Waals surface area contributed by atoms with E-state index in [-0.39, 0.29) is 18.8 Å². The molecule has 0 saturated carbocycles. The Bertz CT molecular complexity index is 1290. The lowest BCUT2D eigenvalue weighted by molar-refractivity contribution is -0.147. The van der Waals surface area contributed by atoms with Crippen LogP contribution in [0.25, 0.3) is 16.6 Å². The molecule has 0 saturated heterocycles. The summed E-state index contributed by atoms with van der Waals surface area (Å²) >= 11 is 0. The highest BCUT2D eigenvalue weighted by Crippen LogP contribution is 2.19. The van der Waals surface area contributed by atoms with Crippen LogP contribution in [0.15, 0.2) is 74.8 Å². The largest absolute Gasteiger partial charge is 0.482 e. The normalized spacial score (nSPS) is 10.9. The van der Waals surface area contributed by atoms with Gasteiger partial charge >= 0.3 is 11.6 Å². The van der Waals surface area contributed by atoms with E-state index in [9.17, 15) is 14.4 Å². The van der Waals surface area contributed by atoms with Crippen LogP contribution < -0.4 is 15.9 Å². The van der Waals surface area contributed by atoms with Crippen LogP contribution in [0.4, 0.5) is 0 Å². The van der Waals surface area contributed by atoms with E-state index in [1.165, 1.54) is 22.6 Å². The molecule has 0 radical (unpaired) electrons. The second-order valence-corrected chi connectivity index (χ2v) is 5.92. The fourth-order valence-electron chi connectivity index (χ4n) is 2.65. The molecule has 0 amide bonds. The van der Waals surface area contributed by atoms with Crippen LogP contribution in [0.5, 0.6) is 5.75 Å². The van der Waals surface area contributed by atoms with Gasteiger partial charge in [0, 0.05) is 29.8 Å². The van der Waals surface area contributed by atoms with Gasteiger partial charge in [0.1, 0.15) is 23.6 Å². The molecule has 0 unspecified atom stereocenters. The molecule has 3 aromatic heterocycles. The number of pyridine rings is 1. The molecular formula is C20H14N2O6. The molecule has 0 aliphatic rings. The quantitative estimate of drug-likeness (QED) is 0.386. The first-order chi connectivity index (χ1) is 13.6. The van der Waals surface area contributed by atoms with Gasteiger partial charge in [-0.05, 0) is 30.3 Å². The number of carbonyl (C=O) groups excluding carboxylic acids is 1. The topological polar surface area (TPSA) is 100 Å². The number of nitrogens with zero attached hydrogens (tertiary/aromatic N) is 2. The van der Waals surface area contributed by atoms with Gasteiger partial charge in [-0.25, -0.2) is 14.6 Å². The third-order valence-corrected chi connectivity index (χ3v) is 3.96. The van der Waals surface area contributed by atoms with E-state index in [2.05, 4.69) is 4.98 Å². The van der Waals surface area contributed by atoms with Gasteiger partial charge in [0.05, 0.1) is 5.69 Å². The number of carbonyl (C=O) groups is 1. The van der Waals surface area contributed by atoms with Gasteiger partial charge in [-0.3, -0.25) is 9.20 Å². The average molecular weight is 378 g/mol. The first-order valence-electron chi connectivity index (χ1n) is 8.38. The number of hydrogen-bond acceptors (Lipinski definition) is 7. The molecule has 4 rings (SSSR count). The minimum absolute atomic E-state index is 0.143. The molecule has 8 nitrogen and oxygen atoms in total.